The molecule has 0 aliphatic heterocycles. The van der Waals surface area contributed by atoms with Crippen molar-refractivity contribution >= 4 is 38.8 Å². The van der Waals surface area contributed by atoms with Crippen molar-refractivity contribution in [2.24, 2.45) is 0 Å². The van der Waals surface area contributed by atoms with E-state index >= 15 is 0 Å². The molecule has 1 aromatic carbocycles. The third-order valence-corrected chi connectivity index (χ3v) is 4.14. The van der Waals surface area contributed by atoms with Gasteiger partial charge in [-0.05, 0) is 54.2 Å². The third kappa shape index (κ3) is 4.13. The van der Waals surface area contributed by atoms with E-state index in [1.54, 1.807) is 13.8 Å². The second kappa shape index (κ2) is 8.15. The van der Waals surface area contributed by atoms with E-state index in [0.717, 1.165) is 20.9 Å². The van der Waals surface area contributed by atoms with Crippen LogP contribution in [0.1, 0.15) is 42.7 Å². The summed E-state index contributed by atoms with van der Waals surface area (Å²) in [5.41, 5.74) is 2.20. The number of rotatable bonds is 7. The van der Waals surface area contributed by atoms with Crippen molar-refractivity contribution in [3.05, 3.63) is 33.9 Å². The molecule has 0 saturated heterocycles. The van der Waals surface area contributed by atoms with Crippen LogP contribution in [0.5, 0.6) is 0 Å². The molecule has 0 radical (unpaired) electrons. The monoisotopic (exact) mass is 381 g/mol. The maximum absolute atomic E-state index is 12.2. The number of carbonyl (C=O) groups excluding carboxylic acids is 2. The molecule has 0 saturated carbocycles. The highest BCUT2D eigenvalue weighted by molar-refractivity contribution is 9.10. The maximum Gasteiger partial charge on any atom is 0.355 e. The van der Waals surface area contributed by atoms with Crippen molar-refractivity contribution in [3.63, 3.8) is 0 Å². The fourth-order valence-electron chi connectivity index (χ4n) is 2.52. The highest BCUT2D eigenvalue weighted by Crippen LogP contribution is 2.30. The summed E-state index contributed by atoms with van der Waals surface area (Å²) in [5.74, 6) is -0.590. The number of para-hydroxylation sites is 1. The number of fused-ring (bicyclic) bond motifs is 1. The first-order valence-electron chi connectivity index (χ1n) is 7.70. The van der Waals surface area contributed by atoms with E-state index in [9.17, 15) is 9.59 Å². The van der Waals surface area contributed by atoms with Gasteiger partial charge in [0.2, 0.25) is 0 Å². The van der Waals surface area contributed by atoms with E-state index in [2.05, 4.69) is 20.9 Å². The van der Waals surface area contributed by atoms with Crippen LogP contribution in [-0.2, 0) is 20.7 Å². The molecule has 0 unspecified atom stereocenters. The molecule has 0 spiro atoms. The van der Waals surface area contributed by atoms with Crippen LogP contribution in [0.25, 0.3) is 10.9 Å². The average Bonchev–Trinajstić information content (AvgIpc) is 2.88. The van der Waals surface area contributed by atoms with Crippen molar-refractivity contribution in [1.29, 1.82) is 0 Å². The van der Waals surface area contributed by atoms with Gasteiger partial charge in [0.25, 0.3) is 0 Å². The molecule has 0 aliphatic carbocycles. The summed E-state index contributed by atoms with van der Waals surface area (Å²) in [5, 5.41) is 0.964. The van der Waals surface area contributed by atoms with E-state index in [1.165, 1.54) is 0 Å². The van der Waals surface area contributed by atoms with Gasteiger partial charge in [-0.25, -0.2) is 4.79 Å². The van der Waals surface area contributed by atoms with Crippen LogP contribution in [0.3, 0.4) is 0 Å². The van der Waals surface area contributed by atoms with Gasteiger partial charge >= 0.3 is 11.9 Å². The number of aromatic nitrogens is 1. The first-order chi connectivity index (χ1) is 11.1. The SMILES string of the molecule is CCOC(=O)CCCc1c(C(=O)OCC)[nH]c2c(Br)cccc12. The van der Waals surface area contributed by atoms with Crippen molar-refractivity contribution in [3.8, 4) is 0 Å². The molecule has 0 aliphatic rings. The Morgan fingerprint density at radius 3 is 2.61 bits per heavy atom. The van der Waals surface area contributed by atoms with Crippen LogP contribution in [0.2, 0.25) is 0 Å². The Bertz CT molecular complexity index is 708. The van der Waals surface area contributed by atoms with Crippen molar-refractivity contribution in [2.75, 3.05) is 13.2 Å². The summed E-state index contributed by atoms with van der Waals surface area (Å²) < 4.78 is 11.0. The molecule has 6 heteroatoms. The molecule has 1 heterocycles. The van der Waals surface area contributed by atoms with Crippen molar-refractivity contribution < 1.29 is 19.1 Å². The zero-order valence-corrected chi connectivity index (χ0v) is 14.9. The minimum Gasteiger partial charge on any atom is -0.466 e. The van der Waals surface area contributed by atoms with Crippen LogP contribution in [-0.4, -0.2) is 30.1 Å². The molecule has 23 heavy (non-hydrogen) atoms. The lowest BCUT2D eigenvalue weighted by molar-refractivity contribution is -0.143. The Hall–Kier alpha value is -1.82. The Kier molecular flexibility index (Phi) is 6.21. The zero-order chi connectivity index (χ0) is 16.8. The minimum atomic E-state index is -0.373. The minimum absolute atomic E-state index is 0.216. The lowest BCUT2D eigenvalue weighted by Crippen LogP contribution is -2.09. The molecule has 0 amide bonds. The lowest BCUT2D eigenvalue weighted by atomic mass is 10.0. The van der Waals surface area contributed by atoms with Gasteiger partial charge in [-0.2, -0.15) is 0 Å². The molecule has 124 valence electrons. The molecule has 1 aromatic heterocycles. The molecule has 0 fully saturated rings. The smallest absolute Gasteiger partial charge is 0.355 e. The number of nitrogens with one attached hydrogen (secondary N) is 1. The Morgan fingerprint density at radius 2 is 1.91 bits per heavy atom. The molecule has 2 aromatic rings. The number of ether oxygens (including phenoxy) is 2. The van der Waals surface area contributed by atoms with Crippen LogP contribution in [0.15, 0.2) is 22.7 Å². The Labute approximate surface area is 143 Å². The van der Waals surface area contributed by atoms with Crippen molar-refractivity contribution in [2.45, 2.75) is 33.1 Å². The van der Waals surface area contributed by atoms with E-state index in [4.69, 9.17) is 9.47 Å². The van der Waals surface area contributed by atoms with E-state index in [0.29, 0.717) is 38.2 Å². The van der Waals surface area contributed by atoms with Gasteiger partial charge in [-0.3, -0.25) is 4.79 Å². The lowest BCUT2D eigenvalue weighted by Gasteiger charge is -2.05. The topological polar surface area (TPSA) is 68.4 Å². The standard InChI is InChI=1S/C17H20BrNO4/c1-3-22-14(20)10-6-8-12-11-7-5-9-13(18)15(11)19-16(12)17(21)23-4-2/h5,7,9,19H,3-4,6,8,10H2,1-2H3. The number of benzene rings is 1. The second-order valence-electron chi connectivity index (χ2n) is 5.02. The number of halogens is 1. The molecule has 2 rings (SSSR count). The number of carbonyl (C=O) groups is 2. The van der Waals surface area contributed by atoms with Crippen LogP contribution in [0, 0.1) is 0 Å². The maximum atomic E-state index is 12.2. The zero-order valence-electron chi connectivity index (χ0n) is 13.3. The molecule has 5 nitrogen and oxygen atoms in total. The number of H-pyrrole nitrogens is 1. The van der Waals surface area contributed by atoms with E-state index in [1.807, 2.05) is 18.2 Å². The summed E-state index contributed by atoms with van der Waals surface area (Å²) in [6.07, 6.45) is 1.55. The summed E-state index contributed by atoms with van der Waals surface area (Å²) in [6, 6.07) is 5.79. The van der Waals surface area contributed by atoms with Gasteiger partial charge in [-0.1, -0.05) is 12.1 Å². The quantitative estimate of drug-likeness (QED) is 0.736. The molecule has 0 atom stereocenters. The Balaban J connectivity index is 2.28. The third-order valence-electron chi connectivity index (χ3n) is 3.48. The first-order valence-corrected chi connectivity index (χ1v) is 8.49. The Morgan fingerprint density at radius 1 is 1.17 bits per heavy atom. The number of esters is 2. The van der Waals surface area contributed by atoms with Gasteiger partial charge in [0.05, 0.1) is 18.7 Å². The largest absolute Gasteiger partial charge is 0.466 e. The molecule has 1 N–H and O–H groups in total. The van der Waals surface area contributed by atoms with Gasteiger partial charge in [0.1, 0.15) is 5.69 Å². The fraction of sp³-hybridized carbons (Fsp3) is 0.412. The van der Waals surface area contributed by atoms with Crippen LogP contribution >= 0.6 is 15.9 Å². The predicted molar refractivity (Wildman–Crippen MR) is 91.5 cm³/mol. The van der Waals surface area contributed by atoms with Gasteiger partial charge in [0.15, 0.2) is 0 Å². The summed E-state index contributed by atoms with van der Waals surface area (Å²) in [4.78, 5) is 26.8. The highest BCUT2D eigenvalue weighted by Gasteiger charge is 2.20. The number of aryl methyl sites for hydroxylation is 1. The van der Waals surface area contributed by atoms with Gasteiger partial charge < -0.3 is 14.5 Å². The van der Waals surface area contributed by atoms with E-state index < -0.39 is 0 Å². The number of hydrogen-bond acceptors (Lipinski definition) is 4. The first kappa shape index (κ1) is 17.5. The number of aromatic amines is 1. The molecular formula is C17H20BrNO4. The molecular weight excluding hydrogens is 362 g/mol. The molecule has 0 bridgehead atoms. The normalized spacial score (nSPS) is 10.7. The van der Waals surface area contributed by atoms with Gasteiger partial charge in [0, 0.05) is 16.3 Å². The van der Waals surface area contributed by atoms with Crippen LogP contribution < -0.4 is 0 Å². The average molecular weight is 382 g/mol. The fourth-order valence-corrected chi connectivity index (χ4v) is 2.98. The van der Waals surface area contributed by atoms with Crippen LogP contribution in [0.4, 0.5) is 0 Å². The number of hydrogen-bond donors (Lipinski definition) is 1. The summed E-state index contributed by atoms with van der Waals surface area (Å²) in [7, 11) is 0. The van der Waals surface area contributed by atoms with Gasteiger partial charge in [-0.15, -0.1) is 0 Å². The predicted octanol–water partition coefficient (Wildman–Crippen LogP) is 3.99. The summed E-state index contributed by atoms with van der Waals surface area (Å²) in [6.45, 7) is 4.26. The second-order valence-corrected chi connectivity index (χ2v) is 5.87. The van der Waals surface area contributed by atoms with E-state index in [-0.39, 0.29) is 11.9 Å². The van der Waals surface area contributed by atoms with Crippen molar-refractivity contribution in [1.82, 2.24) is 4.98 Å². The summed E-state index contributed by atoms with van der Waals surface area (Å²) >= 11 is 3.49. The highest BCUT2D eigenvalue weighted by atomic mass is 79.9.